The quantitative estimate of drug-likeness (QED) is 0.630. The number of allylic oxidation sites excluding steroid dienone is 1. The normalized spacial score (nSPS) is 23.0. The number of hydrogen-bond acceptors (Lipinski definition) is 4. The lowest BCUT2D eigenvalue weighted by Gasteiger charge is -2.26. The number of sulfonamides is 1. The van der Waals surface area contributed by atoms with Gasteiger partial charge in [-0.3, -0.25) is 4.79 Å². The Morgan fingerprint density at radius 1 is 1.27 bits per heavy atom. The maximum absolute atomic E-state index is 12.9. The average molecular weight is 323 g/mol. The molecule has 0 aromatic heterocycles. The van der Waals surface area contributed by atoms with E-state index in [0.29, 0.717) is 12.8 Å². The molecule has 0 unspecified atom stereocenters. The molecule has 0 spiro atoms. The molecule has 0 amide bonds. The van der Waals surface area contributed by atoms with Crippen LogP contribution in [0.2, 0.25) is 0 Å². The molecule has 0 bridgehead atoms. The lowest BCUT2D eigenvalue weighted by atomic mass is 10.2. The summed E-state index contributed by atoms with van der Waals surface area (Å²) in [5, 5.41) is 0. The van der Waals surface area contributed by atoms with E-state index in [2.05, 4.69) is 0 Å². The predicted molar refractivity (Wildman–Crippen MR) is 83.8 cm³/mol. The van der Waals surface area contributed by atoms with E-state index in [-0.39, 0.29) is 10.9 Å². The molecule has 1 aromatic carbocycles. The molecule has 120 valence electrons. The van der Waals surface area contributed by atoms with E-state index in [1.165, 1.54) is 11.4 Å². The van der Waals surface area contributed by atoms with Gasteiger partial charge in [-0.05, 0) is 38.8 Å². The number of methoxy groups -OCH3 is 1. The van der Waals surface area contributed by atoms with Crippen molar-refractivity contribution in [3.05, 3.63) is 42.0 Å². The highest BCUT2D eigenvalue weighted by Gasteiger charge is 2.45. The van der Waals surface area contributed by atoms with Gasteiger partial charge in [-0.15, -0.1) is 0 Å². The number of esters is 1. The van der Waals surface area contributed by atoms with E-state index in [4.69, 9.17) is 4.74 Å². The summed E-state index contributed by atoms with van der Waals surface area (Å²) in [7, 11) is -2.47. The van der Waals surface area contributed by atoms with Crippen molar-refractivity contribution in [2.75, 3.05) is 7.11 Å². The van der Waals surface area contributed by atoms with Crippen molar-refractivity contribution < 1.29 is 17.9 Å². The summed E-state index contributed by atoms with van der Waals surface area (Å²) in [5.41, 5.74) is 0.981. The van der Waals surface area contributed by atoms with Crippen molar-refractivity contribution in [1.82, 2.24) is 4.31 Å². The molecule has 0 N–H and O–H groups in total. The summed E-state index contributed by atoms with van der Waals surface area (Å²) < 4.78 is 31.9. The molecule has 0 radical (unpaired) electrons. The zero-order valence-corrected chi connectivity index (χ0v) is 13.8. The van der Waals surface area contributed by atoms with Gasteiger partial charge in [-0.1, -0.05) is 29.8 Å². The smallest absolute Gasteiger partial charge is 0.324 e. The Kier molecular flexibility index (Phi) is 5.03. The van der Waals surface area contributed by atoms with Gasteiger partial charge in [0.15, 0.2) is 0 Å². The monoisotopic (exact) mass is 323 g/mol. The van der Waals surface area contributed by atoms with Crippen LogP contribution in [0.3, 0.4) is 0 Å². The molecule has 0 aliphatic carbocycles. The summed E-state index contributed by atoms with van der Waals surface area (Å²) >= 11 is 0. The Morgan fingerprint density at radius 2 is 1.91 bits per heavy atom. The molecule has 1 heterocycles. The van der Waals surface area contributed by atoms with Crippen LogP contribution in [0.1, 0.15) is 25.3 Å². The van der Waals surface area contributed by atoms with Crippen LogP contribution in [0.25, 0.3) is 0 Å². The van der Waals surface area contributed by atoms with Crippen LogP contribution in [-0.4, -0.2) is 37.9 Å². The first-order valence-electron chi connectivity index (χ1n) is 7.22. The van der Waals surface area contributed by atoms with Crippen LogP contribution >= 0.6 is 0 Å². The number of benzene rings is 1. The fourth-order valence-corrected chi connectivity index (χ4v) is 4.54. The molecule has 1 saturated heterocycles. The minimum atomic E-state index is -3.75. The van der Waals surface area contributed by atoms with Gasteiger partial charge in [0.05, 0.1) is 12.0 Å². The Bertz CT molecular complexity index is 664. The highest BCUT2D eigenvalue weighted by molar-refractivity contribution is 7.89. The van der Waals surface area contributed by atoms with E-state index < -0.39 is 22.0 Å². The first-order chi connectivity index (χ1) is 10.4. The molecule has 0 saturated carbocycles. The van der Waals surface area contributed by atoms with Crippen LogP contribution in [0.15, 0.2) is 41.3 Å². The SMILES string of the molecule is C/C=C/[C@H]1CC[C@@H](C(=O)OC)N1S(=O)(=O)c1ccc(C)cc1. The summed E-state index contributed by atoms with van der Waals surface area (Å²) in [4.78, 5) is 12.2. The standard InChI is InChI=1S/C16H21NO4S/c1-4-5-13-8-11-15(16(18)21-3)17(13)22(19,20)14-9-6-12(2)7-10-14/h4-7,9-10,13,15H,8,11H2,1-3H3/b5-4+/t13-,15-/m0/s1. The lowest BCUT2D eigenvalue weighted by molar-refractivity contribution is -0.144. The van der Waals surface area contributed by atoms with Gasteiger partial charge in [0, 0.05) is 6.04 Å². The minimum Gasteiger partial charge on any atom is -0.468 e. The van der Waals surface area contributed by atoms with E-state index in [1.807, 2.05) is 26.0 Å². The predicted octanol–water partition coefficient (Wildman–Crippen LogP) is 2.27. The number of rotatable bonds is 4. The summed E-state index contributed by atoms with van der Waals surface area (Å²) in [6, 6.07) is 5.56. The van der Waals surface area contributed by atoms with Gasteiger partial charge in [-0.25, -0.2) is 8.42 Å². The van der Waals surface area contributed by atoms with E-state index in [9.17, 15) is 13.2 Å². The number of hydrogen-bond donors (Lipinski definition) is 0. The van der Waals surface area contributed by atoms with Gasteiger partial charge in [0.25, 0.3) is 0 Å². The van der Waals surface area contributed by atoms with Gasteiger partial charge in [-0.2, -0.15) is 4.31 Å². The molecular formula is C16H21NO4S. The molecule has 5 nitrogen and oxygen atoms in total. The van der Waals surface area contributed by atoms with Crippen LogP contribution in [-0.2, 0) is 19.6 Å². The zero-order valence-electron chi connectivity index (χ0n) is 13.0. The van der Waals surface area contributed by atoms with Crippen LogP contribution < -0.4 is 0 Å². The second kappa shape index (κ2) is 6.62. The summed E-state index contributed by atoms with van der Waals surface area (Å²) in [6.45, 7) is 3.73. The maximum atomic E-state index is 12.9. The van der Waals surface area contributed by atoms with Crippen molar-refractivity contribution in [3.63, 3.8) is 0 Å². The molecule has 1 fully saturated rings. The summed E-state index contributed by atoms with van der Waals surface area (Å²) in [5.74, 6) is -0.511. The highest BCUT2D eigenvalue weighted by atomic mass is 32.2. The average Bonchev–Trinajstić information content (AvgIpc) is 2.92. The van der Waals surface area contributed by atoms with Crippen molar-refractivity contribution in [2.24, 2.45) is 0 Å². The van der Waals surface area contributed by atoms with Gasteiger partial charge < -0.3 is 4.74 Å². The number of aryl methyl sites for hydroxylation is 1. The summed E-state index contributed by atoms with van der Waals surface area (Å²) in [6.07, 6.45) is 4.69. The van der Waals surface area contributed by atoms with Crippen LogP contribution in [0.5, 0.6) is 0 Å². The van der Waals surface area contributed by atoms with E-state index in [0.717, 1.165) is 5.56 Å². The highest BCUT2D eigenvalue weighted by Crippen LogP contribution is 2.32. The third-order valence-corrected chi connectivity index (χ3v) is 5.80. The molecule has 2 atom stereocenters. The number of nitrogens with zero attached hydrogens (tertiary/aromatic N) is 1. The Balaban J connectivity index is 2.46. The largest absolute Gasteiger partial charge is 0.468 e. The van der Waals surface area contributed by atoms with Gasteiger partial charge in [0.1, 0.15) is 6.04 Å². The van der Waals surface area contributed by atoms with Gasteiger partial charge >= 0.3 is 5.97 Å². The molecular weight excluding hydrogens is 302 g/mol. The fourth-order valence-electron chi connectivity index (χ4n) is 2.75. The lowest BCUT2D eigenvalue weighted by Crippen LogP contribution is -2.44. The van der Waals surface area contributed by atoms with Crippen molar-refractivity contribution >= 4 is 16.0 Å². The first-order valence-corrected chi connectivity index (χ1v) is 8.66. The van der Waals surface area contributed by atoms with Gasteiger partial charge in [0.2, 0.25) is 10.0 Å². The molecule has 22 heavy (non-hydrogen) atoms. The van der Waals surface area contributed by atoms with Crippen molar-refractivity contribution in [2.45, 2.75) is 43.7 Å². The molecule has 1 aliphatic heterocycles. The molecule has 1 aliphatic rings. The Morgan fingerprint density at radius 3 is 2.45 bits per heavy atom. The van der Waals surface area contributed by atoms with Crippen molar-refractivity contribution in [3.8, 4) is 0 Å². The number of carbonyl (C=O) groups is 1. The molecule has 2 rings (SSSR count). The van der Waals surface area contributed by atoms with Crippen LogP contribution in [0.4, 0.5) is 0 Å². The number of carbonyl (C=O) groups excluding carboxylic acids is 1. The molecule has 1 aromatic rings. The van der Waals surface area contributed by atoms with E-state index in [1.54, 1.807) is 24.3 Å². The topological polar surface area (TPSA) is 63.7 Å². The zero-order chi connectivity index (χ0) is 16.3. The maximum Gasteiger partial charge on any atom is 0.324 e. The van der Waals surface area contributed by atoms with Crippen LogP contribution in [0, 0.1) is 6.92 Å². The number of ether oxygens (including phenoxy) is 1. The third kappa shape index (κ3) is 3.08. The Hall–Kier alpha value is -1.66. The second-order valence-corrected chi connectivity index (χ2v) is 7.20. The third-order valence-electron chi connectivity index (χ3n) is 3.85. The van der Waals surface area contributed by atoms with Crippen molar-refractivity contribution in [1.29, 1.82) is 0 Å². The Labute approximate surface area is 131 Å². The van der Waals surface area contributed by atoms with E-state index >= 15 is 0 Å². The molecule has 6 heteroatoms. The first kappa shape index (κ1) is 16.7. The fraction of sp³-hybridized carbons (Fsp3) is 0.438. The second-order valence-electron chi connectivity index (χ2n) is 5.36. The minimum absolute atomic E-state index is 0.198.